The Morgan fingerprint density at radius 2 is 1.92 bits per heavy atom. The van der Waals surface area contributed by atoms with Gasteiger partial charge in [-0.1, -0.05) is 43.3 Å². The van der Waals surface area contributed by atoms with Crippen molar-refractivity contribution >= 4 is 5.78 Å². The van der Waals surface area contributed by atoms with Gasteiger partial charge in [0.1, 0.15) is 0 Å². The Bertz CT molecular complexity index is 298. The van der Waals surface area contributed by atoms with Gasteiger partial charge in [0.05, 0.1) is 0 Å². The first kappa shape index (κ1) is 9.72. The summed E-state index contributed by atoms with van der Waals surface area (Å²) in [6.07, 6.45) is 3.55. The minimum atomic E-state index is 0.0998. The van der Waals surface area contributed by atoms with Crippen molar-refractivity contribution < 1.29 is 4.79 Å². The molecule has 0 unspecified atom stereocenters. The summed E-state index contributed by atoms with van der Waals surface area (Å²) < 4.78 is 0. The third-order valence-electron chi connectivity index (χ3n) is 1.94. The summed E-state index contributed by atoms with van der Waals surface area (Å²) in [5.74, 6) is 0.410. The number of hydrogen-bond acceptors (Lipinski definition) is 1. The molecule has 0 saturated carbocycles. The highest BCUT2D eigenvalue weighted by Crippen LogP contribution is 2.15. The van der Waals surface area contributed by atoms with Gasteiger partial charge in [-0.15, -0.1) is 0 Å². The van der Waals surface area contributed by atoms with Gasteiger partial charge in [0.25, 0.3) is 0 Å². The van der Waals surface area contributed by atoms with E-state index in [1.807, 2.05) is 24.3 Å². The van der Waals surface area contributed by atoms with Crippen molar-refractivity contribution in [1.82, 2.24) is 0 Å². The van der Waals surface area contributed by atoms with E-state index in [4.69, 9.17) is 0 Å². The zero-order valence-electron chi connectivity index (χ0n) is 8.03. The predicted octanol–water partition coefficient (Wildman–Crippen LogP) is 2.94. The first-order valence-corrected chi connectivity index (χ1v) is 4.44. The van der Waals surface area contributed by atoms with Crippen LogP contribution in [-0.2, 0) is 4.79 Å². The molecule has 0 N–H and O–H groups in total. The van der Waals surface area contributed by atoms with Crippen molar-refractivity contribution in [2.45, 2.75) is 19.8 Å². The molecule has 1 atom stereocenters. The fourth-order valence-corrected chi connectivity index (χ4v) is 1.15. The van der Waals surface area contributed by atoms with Crippen LogP contribution in [0.3, 0.4) is 0 Å². The second-order valence-electron chi connectivity index (χ2n) is 3.17. The highest BCUT2D eigenvalue weighted by molar-refractivity contribution is 5.87. The molecule has 0 fully saturated rings. The quantitative estimate of drug-likeness (QED) is 0.644. The van der Waals surface area contributed by atoms with Crippen molar-refractivity contribution in [2.24, 2.45) is 0 Å². The van der Waals surface area contributed by atoms with E-state index >= 15 is 0 Å². The molecule has 1 aromatic rings. The molecule has 0 aliphatic heterocycles. The summed E-state index contributed by atoms with van der Waals surface area (Å²) in [5.41, 5.74) is 1.24. The first-order chi connectivity index (χ1) is 6.20. The maximum absolute atomic E-state index is 10.7. The normalized spacial score (nSPS) is 13.1. The van der Waals surface area contributed by atoms with Crippen molar-refractivity contribution in [3.8, 4) is 0 Å². The lowest BCUT2D eigenvalue weighted by molar-refractivity contribution is -0.112. The van der Waals surface area contributed by atoms with Crippen LogP contribution >= 0.6 is 0 Å². The van der Waals surface area contributed by atoms with Crippen molar-refractivity contribution in [3.05, 3.63) is 48.0 Å². The van der Waals surface area contributed by atoms with E-state index in [1.165, 1.54) is 5.56 Å². The van der Waals surface area contributed by atoms with E-state index in [9.17, 15) is 4.79 Å². The molecule has 0 aliphatic carbocycles. The maximum atomic E-state index is 10.7. The molecule has 0 spiro atoms. The predicted molar refractivity (Wildman–Crippen MR) is 54.7 cm³/mol. The minimum absolute atomic E-state index is 0.0998. The molecule has 0 amide bonds. The summed E-state index contributed by atoms with van der Waals surface area (Å²) in [7, 11) is 0. The van der Waals surface area contributed by atoms with E-state index < -0.39 is 0 Å². The summed E-state index contributed by atoms with van der Waals surface area (Å²) >= 11 is 0. The molecule has 1 nitrogen and oxygen atoms in total. The molecule has 0 radical (unpaired) electrons. The number of carbonyl (C=O) groups is 1. The van der Waals surface area contributed by atoms with Gasteiger partial charge in [-0.2, -0.15) is 0 Å². The van der Waals surface area contributed by atoms with Gasteiger partial charge in [-0.3, -0.25) is 4.79 Å². The average molecular weight is 174 g/mol. The van der Waals surface area contributed by atoms with Crippen LogP contribution in [0.4, 0.5) is 0 Å². The molecule has 1 heteroatoms. The summed E-state index contributed by atoms with van der Waals surface area (Å²) in [6, 6.07) is 10.1. The molecule has 0 heterocycles. The highest BCUT2D eigenvalue weighted by Gasteiger charge is 1.98. The topological polar surface area (TPSA) is 17.1 Å². The Kier molecular flexibility index (Phi) is 3.44. The van der Waals surface area contributed by atoms with Gasteiger partial charge >= 0.3 is 0 Å². The number of rotatable bonds is 3. The number of benzene rings is 1. The van der Waals surface area contributed by atoms with E-state index in [0.717, 1.165) is 0 Å². The van der Waals surface area contributed by atoms with Gasteiger partial charge < -0.3 is 0 Å². The third-order valence-corrected chi connectivity index (χ3v) is 1.94. The van der Waals surface area contributed by atoms with Gasteiger partial charge in [0.15, 0.2) is 5.78 Å². The molecule has 0 aliphatic rings. The number of ketones is 1. The van der Waals surface area contributed by atoms with Crippen molar-refractivity contribution in [2.75, 3.05) is 0 Å². The Balaban J connectivity index is 2.69. The number of allylic oxidation sites excluding steroid dienone is 2. The van der Waals surface area contributed by atoms with Crippen LogP contribution < -0.4 is 0 Å². The zero-order valence-corrected chi connectivity index (χ0v) is 8.03. The van der Waals surface area contributed by atoms with E-state index in [1.54, 1.807) is 13.0 Å². The average Bonchev–Trinajstić information content (AvgIpc) is 2.15. The van der Waals surface area contributed by atoms with E-state index in [2.05, 4.69) is 19.1 Å². The lowest BCUT2D eigenvalue weighted by atomic mass is 10.0. The summed E-state index contributed by atoms with van der Waals surface area (Å²) in [6.45, 7) is 3.64. The summed E-state index contributed by atoms with van der Waals surface area (Å²) in [4.78, 5) is 10.7. The lowest BCUT2D eigenvalue weighted by Gasteiger charge is -2.04. The van der Waals surface area contributed by atoms with E-state index in [0.29, 0.717) is 5.92 Å². The highest BCUT2D eigenvalue weighted by atomic mass is 16.1. The Morgan fingerprint density at radius 1 is 1.31 bits per heavy atom. The summed E-state index contributed by atoms with van der Waals surface area (Å²) in [5, 5.41) is 0. The van der Waals surface area contributed by atoms with Crippen LogP contribution in [0.15, 0.2) is 42.5 Å². The van der Waals surface area contributed by atoms with E-state index in [-0.39, 0.29) is 5.78 Å². The van der Waals surface area contributed by atoms with Crippen LogP contribution in [0, 0.1) is 0 Å². The van der Waals surface area contributed by atoms with Crippen LogP contribution in [0.2, 0.25) is 0 Å². The molecular weight excluding hydrogens is 160 g/mol. The molecule has 0 aromatic heterocycles. The standard InChI is InChI=1S/C12H14O/c1-10(8-9-11(2)13)12-6-4-3-5-7-12/h3-10H,1-2H3/b9-8+/t10-/m0/s1. The van der Waals surface area contributed by atoms with Gasteiger partial charge in [-0.05, 0) is 24.5 Å². The van der Waals surface area contributed by atoms with Crippen LogP contribution in [0.25, 0.3) is 0 Å². The minimum Gasteiger partial charge on any atom is -0.295 e. The molecule has 68 valence electrons. The number of hydrogen-bond donors (Lipinski definition) is 0. The Morgan fingerprint density at radius 3 is 2.46 bits per heavy atom. The van der Waals surface area contributed by atoms with Crippen molar-refractivity contribution in [3.63, 3.8) is 0 Å². The Labute approximate surface area is 79.1 Å². The largest absolute Gasteiger partial charge is 0.295 e. The molecule has 13 heavy (non-hydrogen) atoms. The lowest BCUT2D eigenvalue weighted by Crippen LogP contribution is -1.89. The smallest absolute Gasteiger partial charge is 0.152 e. The van der Waals surface area contributed by atoms with Crippen molar-refractivity contribution in [1.29, 1.82) is 0 Å². The Hall–Kier alpha value is -1.37. The second-order valence-corrected chi connectivity index (χ2v) is 3.17. The number of carbonyl (C=O) groups excluding carboxylic acids is 1. The third kappa shape index (κ3) is 3.24. The molecule has 0 bridgehead atoms. The van der Waals surface area contributed by atoms with Gasteiger partial charge in [-0.25, -0.2) is 0 Å². The fraction of sp³-hybridized carbons (Fsp3) is 0.250. The molecule has 1 rings (SSSR count). The zero-order chi connectivity index (χ0) is 9.68. The molecular formula is C12H14O. The van der Waals surface area contributed by atoms with Gasteiger partial charge in [0.2, 0.25) is 0 Å². The molecule has 0 saturated heterocycles. The first-order valence-electron chi connectivity index (χ1n) is 4.44. The maximum Gasteiger partial charge on any atom is 0.152 e. The van der Waals surface area contributed by atoms with Crippen LogP contribution in [-0.4, -0.2) is 5.78 Å². The van der Waals surface area contributed by atoms with Crippen LogP contribution in [0.5, 0.6) is 0 Å². The molecule has 1 aromatic carbocycles. The second kappa shape index (κ2) is 4.61. The van der Waals surface area contributed by atoms with Crippen LogP contribution in [0.1, 0.15) is 25.3 Å². The SMILES string of the molecule is CC(=O)/C=C/[C@H](C)c1ccccc1. The van der Waals surface area contributed by atoms with Gasteiger partial charge in [0, 0.05) is 0 Å². The fourth-order valence-electron chi connectivity index (χ4n) is 1.15. The monoisotopic (exact) mass is 174 g/mol.